The van der Waals surface area contributed by atoms with Crippen LogP contribution in [0.25, 0.3) is 0 Å². The first kappa shape index (κ1) is 18.0. The standard InChI is InChI=1S/C16H25N3O.ClH/c1-12(2)14-6-4-5-7-15(14)18-16(20)11-19-9-8-17-10-13(19)3;/h4-7,12-13,17H,8-11H2,1-3H3,(H,18,20);1H/t13-;/m0./s1. The summed E-state index contributed by atoms with van der Waals surface area (Å²) in [5, 5.41) is 6.40. The summed E-state index contributed by atoms with van der Waals surface area (Å²) in [6, 6.07) is 8.45. The van der Waals surface area contributed by atoms with Gasteiger partial charge in [-0.1, -0.05) is 32.0 Å². The zero-order valence-corrected chi connectivity index (χ0v) is 13.9. The lowest BCUT2D eigenvalue weighted by molar-refractivity contribution is -0.118. The minimum absolute atomic E-state index is 0. The maximum atomic E-state index is 12.2. The lowest BCUT2D eigenvalue weighted by atomic mass is 10.0. The quantitative estimate of drug-likeness (QED) is 0.898. The summed E-state index contributed by atoms with van der Waals surface area (Å²) >= 11 is 0. The van der Waals surface area contributed by atoms with E-state index in [1.165, 1.54) is 5.56 Å². The van der Waals surface area contributed by atoms with Crippen molar-refractivity contribution in [3.05, 3.63) is 29.8 Å². The summed E-state index contributed by atoms with van der Waals surface area (Å²) in [4.78, 5) is 14.5. The number of rotatable bonds is 4. The number of hydrogen-bond donors (Lipinski definition) is 2. The first-order chi connectivity index (χ1) is 9.58. The van der Waals surface area contributed by atoms with E-state index in [1.807, 2.05) is 18.2 Å². The molecule has 2 rings (SSSR count). The fraction of sp³-hybridized carbons (Fsp3) is 0.562. The third-order valence-corrected chi connectivity index (χ3v) is 3.84. The number of halogens is 1. The van der Waals surface area contributed by atoms with E-state index in [0.29, 0.717) is 18.5 Å². The molecule has 0 saturated carbocycles. The minimum atomic E-state index is 0. The molecule has 1 aliphatic rings. The van der Waals surface area contributed by atoms with Gasteiger partial charge in [-0.05, 0) is 24.5 Å². The Morgan fingerprint density at radius 2 is 2.14 bits per heavy atom. The van der Waals surface area contributed by atoms with E-state index in [4.69, 9.17) is 0 Å². The van der Waals surface area contributed by atoms with Crippen LogP contribution in [-0.4, -0.2) is 43.0 Å². The van der Waals surface area contributed by atoms with Gasteiger partial charge in [0.15, 0.2) is 0 Å². The second-order valence-electron chi connectivity index (χ2n) is 5.81. The smallest absolute Gasteiger partial charge is 0.238 e. The number of carbonyl (C=O) groups is 1. The van der Waals surface area contributed by atoms with Gasteiger partial charge in [0.25, 0.3) is 0 Å². The average molecular weight is 312 g/mol. The number of anilines is 1. The Hall–Kier alpha value is -1.10. The van der Waals surface area contributed by atoms with Gasteiger partial charge in [-0.15, -0.1) is 12.4 Å². The van der Waals surface area contributed by atoms with Gasteiger partial charge in [0.05, 0.1) is 6.54 Å². The molecule has 0 aromatic heterocycles. The SMILES string of the molecule is CC(C)c1ccccc1NC(=O)CN1CCNC[C@@H]1C.Cl. The maximum absolute atomic E-state index is 12.2. The van der Waals surface area contributed by atoms with Crippen molar-refractivity contribution < 1.29 is 4.79 Å². The molecule has 2 N–H and O–H groups in total. The Kier molecular flexibility index (Phi) is 7.15. The highest BCUT2D eigenvalue weighted by molar-refractivity contribution is 5.93. The second kappa shape index (κ2) is 8.37. The number of benzene rings is 1. The van der Waals surface area contributed by atoms with Gasteiger partial charge in [0, 0.05) is 31.4 Å². The number of nitrogens with zero attached hydrogens (tertiary/aromatic N) is 1. The molecule has 0 spiro atoms. The van der Waals surface area contributed by atoms with Crippen molar-refractivity contribution >= 4 is 24.0 Å². The van der Waals surface area contributed by atoms with Crippen LogP contribution in [0, 0.1) is 0 Å². The third kappa shape index (κ3) is 4.99. The van der Waals surface area contributed by atoms with Crippen LogP contribution in [0.5, 0.6) is 0 Å². The molecule has 1 heterocycles. The molecule has 5 heteroatoms. The predicted octanol–water partition coefficient (Wildman–Crippen LogP) is 2.46. The van der Waals surface area contributed by atoms with E-state index in [9.17, 15) is 4.79 Å². The minimum Gasteiger partial charge on any atom is -0.325 e. The van der Waals surface area contributed by atoms with Crippen molar-refractivity contribution in [2.75, 3.05) is 31.5 Å². The fourth-order valence-electron chi connectivity index (χ4n) is 2.61. The van der Waals surface area contributed by atoms with Crippen LogP contribution in [-0.2, 0) is 4.79 Å². The molecular formula is C16H26ClN3O. The molecule has 1 aromatic rings. The topological polar surface area (TPSA) is 44.4 Å². The van der Waals surface area contributed by atoms with Crippen molar-refractivity contribution in [3.8, 4) is 0 Å². The van der Waals surface area contributed by atoms with Crippen LogP contribution in [0.1, 0.15) is 32.3 Å². The maximum Gasteiger partial charge on any atom is 0.238 e. The molecular weight excluding hydrogens is 286 g/mol. The second-order valence-corrected chi connectivity index (χ2v) is 5.81. The normalized spacial score (nSPS) is 19.1. The van der Waals surface area contributed by atoms with Gasteiger partial charge in [-0.2, -0.15) is 0 Å². The van der Waals surface area contributed by atoms with E-state index in [0.717, 1.165) is 25.3 Å². The molecule has 0 aliphatic carbocycles. The van der Waals surface area contributed by atoms with Crippen molar-refractivity contribution in [1.29, 1.82) is 0 Å². The highest BCUT2D eigenvalue weighted by Crippen LogP contribution is 2.23. The van der Waals surface area contributed by atoms with E-state index < -0.39 is 0 Å². The number of amides is 1. The van der Waals surface area contributed by atoms with Crippen molar-refractivity contribution in [2.45, 2.75) is 32.7 Å². The third-order valence-electron chi connectivity index (χ3n) is 3.84. The van der Waals surface area contributed by atoms with Crippen LogP contribution >= 0.6 is 12.4 Å². The Labute approximate surface area is 133 Å². The molecule has 1 aliphatic heterocycles. The van der Waals surface area contributed by atoms with E-state index >= 15 is 0 Å². The zero-order valence-electron chi connectivity index (χ0n) is 13.1. The van der Waals surface area contributed by atoms with E-state index in [2.05, 4.69) is 42.4 Å². The largest absolute Gasteiger partial charge is 0.325 e. The van der Waals surface area contributed by atoms with Gasteiger partial charge >= 0.3 is 0 Å². The van der Waals surface area contributed by atoms with Crippen molar-refractivity contribution in [3.63, 3.8) is 0 Å². The average Bonchev–Trinajstić information content (AvgIpc) is 2.41. The summed E-state index contributed by atoms with van der Waals surface area (Å²) in [7, 11) is 0. The van der Waals surface area contributed by atoms with E-state index in [1.54, 1.807) is 0 Å². The van der Waals surface area contributed by atoms with Crippen molar-refractivity contribution in [1.82, 2.24) is 10.2 Å². The molecule has 118 valence electrons. The molecule has 1 aromatic carbocycles. The first-order valence-corrected chi connectivity index (χ1v) is 7.41. The summed E-state index contributed by atoms with van der Waals surface area (Å²) < 4.78 is 0. The molecule has 0 bridgehead atoms. The summed E-state index contributed by atoms with van der Waals surface area (Å²) in [6.45, 7) is 9.75. The first-order valence-electron chi connectivity index (χ1n) is 7.41. The monoisotopic (exact) mass is 311 g/mol. The highest BCUT2D eigenvalue weighted by atomic mass is 35.5. The van der Waals surface area contributed by atoms with Crippen LogP contribution in [0.15, 0.2) is 24.3 Å². The molecule has 1 atom stereocenters. The van der Waals surface area contributed by atoms with Gasteiger partial charge < -0.3 is 10.6 Å². The summed E-state index contributed by atoms with van der Waals surface area (Å²) in [6.07, 6.45) is 0. The highest BCUT2D eigenvalue weighted by Gasteiger charge is 2.20. The number of nitrogens with one attached hydrogen (secondary N) is 2. The van der Waals surface area contributed by atoms with Gasteiger partial charge in [0.2, 0.25) is 5.91 Å². The summed E-state index contributed by atoms with van der Waals surface area (Å²) in [5.74, 6) is 0.483. The molecule has 4 nitrogen and oxygen atoms in total. The predicted molar refractivity (Wildman–Crippen MR) is 90.3 cm³/mol. The molecule has 0 unspecified atom stereocenters. The van der Waals surface area contributed by atoms with Crippen LogP contribution in [0.4, 0.5) is 5.69 Å². The Bertz CT molecular complexity index is 465. The molecule has 0 radical (unpaired) electrons. The van der Waals surface area contributed by atoms with E-state index in [-0.39, 0.29) is 18.3 Å². The molecule has 21 heavy (non-hydrogen) atoms. The lowest BCUT2D eigenvalue weighted by Gasteiger charge is -2.33. The zero-order chi connectivity index (χ0) is 14.5. The van der Waals surface area contributed by atoms with Gasteiger partial charge in [-0.25, -0.2) is 0 Å². The number of carbonyl (C=O) groups excluding carboxylic acids is 1. The van der Waals surface area contributed by atoms with Crippen LogP contribution < -0.4 is 10.6 Å². The lowest BCUT2D eigenvalue weighted by Crippen LogP contribution is -2.52. The van der Waals surface area contributed by atoms with Crippen LogP contribution in [0.3, 0.4) is 0 Å². The Morgan fingerprint density at radius 3 is 2.81 bits per heavy atom. The Balaban J connectivity index is 0.00000220. The molecule has 1 saturated heterocycles. The number of piperazine rings is 1. The summed E-state index contributed by atoms with van der Waals surface area (Å²) in [5.41, 5.74) is 2.13. The Morgan fingerprint density at radius 1 is 1.43 bits per heavy atom. The molecule has 1 amide bonds. The fourth-order valence-corrected chi connectivity index (χ4v) is 2.61. The number of hydrogen-bond acceptors (Lipinski definition) is 3. The van der Waals surface area contributed by atoms with Gasteiger partial charge in [-0.3, -0.25) is 9.69 Å². The molecule has 1 fully saturated rings. The van der Waals surface area contributed by atoms with Crippen LogP contribution in [0.2, 0.25) is 0 Å². The van der Waals surface area contributed by atoms with Crippen molar-refractivity contribution in [2.24, 2.45) is 0 Å². The van der Waals surface area contributed by atoms with Gasteiger partial charge in [0.1, 0.15) is 0 Å². The number of para-hydroxylation sites is 1.